The zero-order chi connectivity index (χ0) is 8.43. The molecule has 0 bridgehead atoms. The van der Waals surface area contributed by atoms with E-state index >= 15 is 0 Å². The Morgan fingerprint density at radius 3 is 2.36 bits per heavy atom. The van der Waals surface area contributed by atoms with Gasteiger partial charge >= 0.3 is 0 Å². The zero-order valence-corrected chi connectivity index (χ0v) is 7.17. The van der Waals surface area contributed by atoms with E-state index in [9.17, 15) is 0 Å². The van der Waals surface area contributed by atoms with Crippen LogP contribution < -0.4 is 0 Å². The van der Waals surface area contributed by atoms with Gasteiger partial charge in [-0.3, -0.25) is 0 Å². The number of halogens is 1. The van der Waals surface area contributed by atoms with Crippen LogP contribution in [0, 0.1) is 0 Å². The van der Waals surface area contributed by atoms with Crippen molar-refractivity contribution < 1.29 is 15.3 Å². The minimum absolute atomic E-state index is 0.239. The van der Waals surface area contributed by atoms with Crippen LogP contribution in [0.2, 0.25) is 0 Å². The standard InChI is InChI=1S/C7H7BrO3/c8-5-2-1-4(3-9)6(10)7(5)11/h1-2,9-11H,3H2. The summed E-state index contributed by atoms with van der Waals surface area (Å²) in [5, 5.41) is 26.9. The maximum absolute atomic E-state index is 9.14. The average molecular weight is 219 g/mol. The molecule has 1 aromatic rings. The molecule has 1 aromatic carbocycles. The van der Waals surface area contributed by atoms with Gasteiger partial charge in [0.15, 0.2) is 11.5 Å². The van der Waals surface area contributed by atoms with Crippen molar-refractivity contribution in [3.05, 3.63) is 22.2 Å². The number of aliphatic hydroxyl groups excluding tert-OH is 1. The fourth-order valence-corrected chi connectivity index (χ4v) is 1.04. The Morgan fingerprint density at radius 1 is 1.18 bits per heavy atom. The van der Waals surface area contributed by atoms with Crippen molar-refractivity contribution in [3.63, 3.8) is 0 Å². The first kappa shape index (κ1) is 8.36. The van der Waals surface area contributed by atoms with Gasteiger partial charge in [-0.25, -0.2) is 0 Å². The fraction of sp³-hybridized carbons (Fsp3) is 0.143. The van der Waals surface area contributed by atoms with Gasteiger partial charge in [-0.1, -0.05) is 6.07 Å². The molecule has 0 aromatic heterocycles. The van der Waals surface area contributed by atoms with Crippen molar-refractivity contribution in [2.75, 3.05) is 0 Å². The van der Waals surface area contributed by atoms with Crippen molar-refractivity contribution in [2.24, 2.45) is 0 Å². The summed E-state index contributed by atoms with van der Waals surface area (Å²) in [4.78, 5) is 0. The first-order chi connectivity index (χ1) is 5.16. The molecule has 60 valence electrons. The third-order valence-corrected chi connectivity index (χ3v) is 2.00. The molecule has 0 saturated heterocycles. The van der Waals surface area contributed by atoms with Crippen LogP contribution in [-0.4, -0.2) is 15.3 Å². The van der Waals surface area contributed by atoms with E-state index in [1.54, 1.807) is 6.07 Å². The normalized spacial score (nSPS) is 10.0. The number of phenolic OH excluding ortho intramolecular Hbond substituents is 1. The summed E-state index contributed by atoms with van der Waals surface area (Å²) in [6.45, 7) is -0.285. The Morgan fingerprint density at radius 2 is 1.82 bits per heavy atom. The lowest BCUT2D eigenvalue weighted by molar-refractivity contribution is 0.273. The highest BCUT2D eigenvalue weighted by Gasteiger charge is 2.07. The predicted molar refractivity (Wildman–Crippen MR) is 43.4 cm³/mol. The first-order valence-corrected chi connectivity index (χ1v) is 3.76. The maximum atomic E-state index is 9.14. The second-order valence-electron chi connectivity index (χ2n) is 2.06. The molecule has 0 unspecified atom stereocenters. The SMILES string of the molecule is OCc1ccc(Br)c(O)c1O. The van der Waals surface area contributed by atoms with Gasteiger partial charge in [0.05, 0.1) is 11.1 Å². The molecule has 0 aliphatic heterocycles. The van der Waals surface area contributed by atoms with Crippen LogP contribution in [0.25, 0.3) is 0 Å². The summed E-state index contributed by atoms with van der Waals surface area (Å²) in [5.41, 5.74) is 0.311. The Hall–Kier alpha value is -0.740. The number of hydrogen-bond donors (Lipinski definition) is 3. The summed E-state index contributed by atoms with van der Waals surface area (Å²) < 4.78 is 0.409. The van der Waals surface area contributed by atoms with Crippen molar-refractivity contribution in [3.8, 4) is 11.5 Å². The maximum Gasteiger partial charge on any atom is 0.172 e. The van der Waals surface area contributed by atoms with E-state index in [1.165, 1.54) is 6.07 Å². The van der Waals surface area contributed by atoms with Gasteiger partial charge in [0.25, 0.3) is 0 Å². The van der Waals surface area contributed by atoms with Crippen molar-refractivity contribution in [1.29, 1.82) is 0 Å². The van der Waals surface area contributed by atoms with E-state index < -0.39 is 0 Å². The third-order valence-electron chi connectivity index (χ3n) is 1.36. The fourth-order valence-electron chi connectivity index (χ4n) is 0.724. The molecule has 1 rings (SSSR count). The monoisotopic (exact) mass is 218 g/mol. The van der Waals surface area contributed by atoms with Crippen molar-refractivity contribution in [1.82, 2.24) is 0 Å². The van der Waals surface area contributed by atoms with Gasteiger partial charge in [0.2, 0.25) is 0 Å². The quantitative estimate of drug-likeness (QED) is 0.624. The van der Waals surface area contributed by atoms with Crippen molar-refractivity contribution >= 4 is 15.9 Å². The summed E-state index contributed by atoms with van der Waals surface area (Å²) in [6, 6.07) is 3.08. The van der Waals surface area contributed by atoms with Crippen LogP contribution >= 0.6 is 15.9 Å². The number of aromatic hydroxyl groups is 2. The zero-order valence-electron chi connectivity index (χ0n) is 5.58. The number of hydrogen-bond acceptors (Lipinski definition) is 3. The lowest BCUT2D eigenvalue weighted by Gasteiger charge is -2.03. The van der Waals surface area contributed by atoms with E-state index in [-0.39, 0.29) is 18.1 Å². The number of benzene rings is 1. The molecule has 0 amide bonds. The Labute approximate surface area is 72.0 Å². The first-order valence-electron chi connectivity index (χ1n) is 2.97. The highest BCUT2D eigenvalue weighted by atomic mass is 79.9. The summed E-state index contributed by atoms with van der Waals surface area (Å²) in [7, 11) is 0. The van der Waals surface area contributed by atoms with Crippen molar-refractivity contribution in [2.45, 2.75) is 6.61 Å². The number of phenols is 2. The Balaban J connectivity index is 3.25. The van der Waals surface area contributed by atoms with Gasteiger partial charge in [-0.15, -0.1) is 0 Å². The third kappa shape index (κ3) is 1.46. The second kappa shape index (κ2) is 3.11. The highest BCUT2D eigenvalue weighted by molar-refractivity contribution is 9.10. The molecule has 0 atom stereocenters. The van der Waals surface area contributed by atoms with Gasteiger partial charge in [0.1, 0.15) is 0 Å². The topological polar surface area (TPSA) is 60.7 Å². The molecule has 4 heteroatoms. The van der Waals surface area contributed by atoms with Crippen LogP contribution in [0.15, 0.2) is 16.6 Å². The Bertz CT molecular complexity index is 273. The molecule has 0 spiro atoms. The minimum Gasteiger partial charge on any atom is -0.504 e. The number of aliphatic hydroxyl groups is 1. The largest absolute Gasteiger partial charge is 0.504 e. The molecule has 11 heavy (non-hydrogen) atoms. The van der Waals surface area contributed by atoms with Crippen LogP contribution in [0.5, 0.6) is 11.5 Å². The van der Waals surface area contributed by atoms with E-state index in [2.05, 4.69) is 15.9 Å². The molecule has 0 aliphatic carbocycles. The van der Waals surface area contributed by atoms with Crippen LogP contribution in [0.3, 0.4) is 0 Å². The number of rotatable bonds is 1. The lowest BCUT2D eigenvalue weighted by Crippen LogP contribution is -1.84. The molecule has 0 aliphatic rings. The summed E-state index contributed by atoms with van der Waals surface area (Å²) in [5.74, 6) is -0.515. The molecule has 0 radical (unpaired) electrons. The molecular weight excluding hydrogens is 212 g/mol. The van der Waals surface area contributed by atoms with Gasteiger partial charge in [0, 0.05) is 5.56 Å². The summed E-state index contributed by atoms with van der Waals surface area (Å²) in [6.07, 6.45) is 0. The smallest absolute Gasteiger partial charge is 0.172 e. The Kier molecular flexibility index (Phi) is 2.36. The van der Waals surface area contributed by atoms with Gasteiger partial charge in [-0.2, -0.15) is 0 Å². The second-order valence-corrected chi connectivity index (χ2v) is 2.92. The van der Waals surface area contributed by atoms with E-state index in [0.29, 0.717) is 10.0 Å². The van der Waals surface area contributed by atoms with E-state index in [1.807, 2.05) is 0 Å². The summed E-state index contributed by atoms with van der Waals surface area (Å²) >= 11 is 3.02. The van der Waals surface area contributed by atoms with Gasteiger partial charge in [-0.05, 0) is 22.0 Å². The van der Waals surface area contributed by atoms with Crippen LogP contribution in [-0.2, 0) is 6.61 Å². The van der Waals surface area contributed by atoms with Crippen LogP contribution in [0.1, 0.15) is 5.56 Å². The van der Waals surface area contributed by atoms with Gasteiger partial charge < -0.3 is 15.3 Å². The molecule has 0 fully saturated rings. The molecule has 3 nitrogen and oxygen atoms in total. The predicted octanol–water partition coefficient (Wildman–Crippen LogP) is 1.35. The lowest BCUT2D eigenvalue weighted by atomic mass is 10.2. The molecule has 0 saturated carbocycles. The van der Waals surface area contributed by atoms with E-state index in [4.69, 9.17) is 15.3 Å². The van der Waals surface area contributed by atoms with E-state index in [0.717, 1.165) is 0 Å². The molecular formula is C7H7BrO3. The average Bonchev–Trinajstić information content (AvgIpc) is 2.01. The molecule has 0 heterocycles. The highest BCUT2D eigenvalue weighted by Crippen LogP contribution is 2.35. The molecule has 3 N–H and O–H groups in total. The minimum atomic E-state index is -0.285. The van der Waals surface area contributed by atoms with Crippen LogP contribution in [0.4, 0.5) is 0 Å².